The lowest BCUT2D eigenvalue weighted by Crippen LogP contribution is -2.18. The van der Waals surface area contributed by atoms with Crippen molar-refractivity contribution < 1.29 is 13.6 Å². The molecule has 0 saturated carbocycles. The zero-order chi connectivity index (χ0) is 19.7. The average molecular weight is 379 g/mol. The molecule has 0 radical (unpaired) electrons. The van der Waals surface area contributed by atoms with E-state index >= 15 is 0 Å². The van der Waals surface area contributed by atoms with Crippen LogP contribution in [0.15, 0.2) is 40.8 Å². The Bertz CT molecular complexity index is 1070. The molecule has 1 aromatic carbocycles. The van der Waals surface area contributed by atoms with Crippen LogP contribution in [-0.2, 0) is 0 Å². The van der Waals surface area contributed by atoms with Crippen molar-refractivity contribution in [1.82, 2.24) is 10.3 Å². The van der Waals surface area contributed by atoms with Gasteiger partial charge in [-0.2, -0.15) is 4.98 Å². The first-order chi connectivity index (χ1) is 13.6. The number of hydrogen-bond donors (Lipinski definition) is 2. The molecule has 144 valence electrons. The largest absolute Gasteiger partial charge is 0.437 e. The second-order valence-corrected chi connectivity index (χ2v) is 6.94. The quantitative estimate of drug-likeness (QED) is 0.658. The van der Waals surface area contributed by atoms with Gasteiger partial charge in [-0.3, -0.25) is 4.79 Å². The minimum atomic E-state index is -0.344. The molecule has 2 aromatic heterocycles. The number of rotatable bonds is 2. The molecule has 6 heteroatoms. The summed E-state index contributed by atoms with van der Waals surface area (Å²) in [6, 6.07) is 7.86. The molecule has 1 aliphatic heterocycles. The number of benzene rings is 1. The van der Waals surface area contributed by atoms with Gasteiger partial charge in [-0.1, -0.05) is 6.08 Å². The van der Waals surface area contributed by atoms with Gasteiger partial charge in [0.15, 0.2) is 0 Å². The van der Waals surface area contributed by atoms with Crippen LogP contribution in [0.2, 0.25) is 0 Å². The highest BCUT2D eigenvalue weighted by molar-refractivity contribution is 6.11. The smallest absolute Gasteiger partial charge is 0.255 e. The number of carbonyl (C=O) groups is 1. The minimum Gasteiger partial charge on any atom is -0.437 e. The van der Waals surface area contributed by atoms with Gasteiger partial charge in [-0.25, -0.2) is 4.39 Å². The molecule has 28 heavy (non-hydrogen) atoms. The number of aromatic nitrogens is 1. The summed E-state index contributed by atoms with van der Waals surface area (Å²) in [5, 5.41) is 6.70. The molecule has 2 N–H and O–H groups in total. The maximum atomic E-state index is 13.4. The normalized spacial score (nSPS) is 16.2. The lowest BCUT2D eigenvalue weighted by Gasteiger charge is -2.10. The molecule has 0 atom stereocenters. The third-order valence-electron chi connectivity index (χ3n) is 5.04. The number of carbonyl (C=O) groups excluding carboxylic acids is 1. The topological polar surface area (TPSA) is 67.2 Å². The number of nitrogens with one attached hydrogen (secondary N) is 2. The summed E-state index contributed by atoms with van der Waals surface area (Å²) in [5.74, 6) is 0.533. The van der Waals surface area contributed by atoms with Crippen LogP contribution < -0.4 is 10.6 Å². The van der Waals surface area contributed by atoms with E-state index in [1.165, 1.54) is 12.1 Å². The van der Waals surface area contributed by atoms with Crippen LogP contribution in [0.3, 0.4) is 0 Å². The number of pyridine rings is 1. The third kappa shape index (κ3) is 3.26. The van der Waals surface area contributed by atoms with E-state index in [2.05, 4.69) is 28.6 Å². The fraction of sp³-hybridized carbons (Fsp3) is 0.273. The highest BCUT2D eigenvalue weighted by Gasteiger charge is 2.24. The number of hydrogen-bond acceptors (Lipinski definition) is 4. The molecule has 0 bridgehead atoms. The Morgan fingerprint density at radius 3 is 2.79 bits per heavy atom. The predicted molar refractivity (Wildman–Crippen MR) is 109 cm³/mol. The molecule has 3 heterocycles. The van der Waals surface area contributed by atoms with E-state index < -0.39 is 0 Å². The fourth-order valence-electron chi connectivity index (χ4n) is 3.52. The minimum absolute atomic E-state index is 0.266. The zero-order valence-corrected chi connectivity index (χ0v) is 15.9. The van der Waals surface area contributed by atoms with Crippen molar-refractivity contribution in [2.75, 3.05) is 18.9 Å². The molecule has 5 nitrogen and oxygen atoms in total. The van der Waals surface area contributed by atoms with Gasteiger partial charge in [0.25, 0.3) is 5.91 Å². The molecular weight excluding hydrogens is 357 g/mol. The lowest BCUT2D eigenvalue weighted by atomic mass is 10.0. The van der Waals surface area contributed by atoms with Gasteiger partial charge in [0.05, 0.1) is 10.9 Å². The summed E-state index contributed by atoms with van der Waals surface area (Å²) in [6.07, 6.45) is 5.40. The van der Waals surface area contributed by atoms with Crippen LogP contribution in [0.25, 0.3) is 28.0 Å². The molecule has 0 saturated heterocycles. The summed E-state index contributed by atoms with van der Waals surface area (Å²) >= 11 is 0. The Morgan fingerprint density at radius 1 is 1.25 bits per heavy atom. The van der Waals surface area contributed by atoms with Crippen LogP contribution in [0.5, 0.6) is 0 Å². The molecule has 1 aliphatic rings. The number of anilines is 1. The van der Waals surface area contributed by atoms with E-state index in [0.717, 1.165) is 42.8 Å². The Kier molecular flexibility index (Phi) is 4.86. The SMILES string of the molecule is CNC(=O)c1c(-c2ccc(F)cc2)oc2nc3c(cc12)/C(C)=C/CCCCN3. The monoisotopic (exact) mass is 379 g/mol. The van der Waals surface area contributed by atoms with Crippen LogP contribution in [-0.4, -0.2) is 24.5 Å². The summed E-state index contributed by atoms with van der Waals surface area (Å²) in [7, 11) is 1.58. The van der Waals surface area contributed by atoms with Crippen LogP contribution in [0.1, 0.15) is 42.1 Å². The number of allylic oxidation sites excluding steroid dienone is 2. The third-order valence-corrected chi connectivity index (χ3v) is 5.04. The number of furan rings is 1. The molecule has 4 rings (SSSR count). The van der Waals surface area contributed by atoms with Crippen molar-refractivity contribution in [2.45, 2.75) is 26.2 Å². The zero-order valence-electron chi connectivity index (χ0n) is 15.9. The van der Waals surface area contributed by atoms with Crippen molar-refractivity contribution in [3.05, 3.63) is 53.4 Å². The highest BCUT2D eigenvalue weighted by Crippen LogP contribution is 2.36. The Labute approximate surface area is 162 Å². The maximum absolute atomic E-state index is 13.4. The maximum Gasteiger partial charge on any atom is 0.255 e. The van der Waals surface area contributed by atoms with E-state index in [4.69, 9.17) is 4.42 Å². The molecular formula is C22H22FN3O2. The van der Waals surface area contributed by atoms with Crippen LogP contribution >= 0.6 is 0 Å². The van der Waals surface area contributed by atoms with Crippen molar-refractivity contribution in [1.29, 1.82) is 0 Å². The molecule has 3 aromatic rings. The van der Waals surface area contributed by atoms with E-state index in [-0.39, 0.29) is 11.7 Å². The summed E-state index contributed by atoms with van der Waals surface area (Å²) in [5.41, 5.74) is 3.50. The van der Waals surface area contributed by atoms with Gasteiger partial charge in [0.2, 0.25) is 5.71 Å². The Balaban J connectivity index is 1.97. The van der Waals surface area contributed by atoms with Crippen molar-refractivity contribution in [2.24, 2.45) is 0 Å². The van der Waals surface area contributed by atoms with Gasteiger partial charge in [-0.15, -0.1) is 0 Å². The van der Waals surface area contributed by atoms with Gasteiger partial charge >= 0.3 is 0 Å². The summed E-state index contributed by atoms with van der Waals surface area (Å²) < 4.78 is 19.4. The number of amides is 1. The van der Waals surface area contributed by atoms with Crippen LogP contribution in [0.4, 0.5) is 10.2 Å². The van der Waals surface area contributed by atoms with E-state index in [1.54, 1.807) is 19.2 Å². The van der Waals surface area contributed by atoms with Gasteiger partial charge in [0.1, 0.15) is 17.4 Å². The second kappa shape index (κ2) is 7.46. The van der Waals surface area contributed by atoms with Crippen molar-refractivity contribution in [3.8, 4) is 11.3 Å². The van der Waals surface area contributed by atoms with Gasteiger partial charge in [-0.05, 0) is 62.1 Å². The van der Waals surface area contributed by atoms with E-state index in [0.29, 0.717) is 28.0 Å². The first kappa shape index (κ1) is 18.2. The number of nitrogens with zero attached hydrogens (tertiary/aromatic N) is 1. The van der Waals surface area contributed by atoms with Crippen molar-refractivity contribution >= 4 is 28.4 Å². The summed E-state index contributed by atoms with van der Waals surface area (Å²) in [4.78, 5) is 17.4. The molecule has 1 amide bonds. The first-order valence-electron chi connectivity index (χ1n) is 9.45. The molecule has 0 spiro atoms. The average Bonchev–Trinajstić information content (AvgIpc) is 3.10. The fourth-order valence-corrected chi connectivity index (χ4v) is 3.52. The van der Waals surface area contributed by atoms with E-state index in [9.17, 15) is 9.18 Å². The molecule has 0 fully saturated rings. The van der Waals surface area contributed by atoms with Gasteiger partial charge < -0.3 is 15.1 Å². The highest BCUT2D eigenvalue weighted by atomic mass is 19.1. The number of halogens is 1. The first-order valence-corrected chi connectivity index (χ1v) is 9.45. The number of fused-ring (bicyclic) bond motifs is 2. The van der Waals surface area contributed by atoms with Crippen molar-refractivity contribution in [3.63, 3.8) is 0 Å². The van der Waals surface area contributed by atoms with Crippen LogP contribution in [0, 0.1) is 5.82 Å². The molecule has 0 unspecified atom stereocenters. The Morgan fingerprint density at radius 2 is 2.04 bits per heavy atom. The lowest BCUT2D eigenvalue weighted by molar-refractivity contribution is 0.0964. The second-order valence-electron chi connectivity index (χ2n) is 6.94. The standard InChI is InChI=1S/C22H22FN3O2/c1-13-6-4-3-5-11-25-20-16(13)12-17-18(21(27)24-2)19(28-22(17)26-20)14-7-9-15(23)10-8-14/h6-10,12H,3-5,11H2,1-2H3,(H,24,27)(H,25,26)/b13-6+. The molecule has 0 aliphatic carbocycles. The predicted octanol–water partition coefficient (Wildman–Crippen LogP) is 4.99. The van der Waals surface area contributed by atoms with Gasteiger partial charge in [0, 0.05) is 24.7 Å². The van der Waals surface area contributed by atoms with E-state index in [1.807, 2.05) is 6.07 Å². The summed E-state index contributed by atoms with van der Waals surface area (Å²) in [6.45, 7) is 2.89. The Hall–Kier alpha value is -3.15.